The molecule has 0 saturated heterocycles. The predicted octanol–water partition coefficient (Wildman–Crippen LogP) is 2.97. The highest BCUT2D eigenvalue weighted by atomic mass is 16.4. The molecule has 2 N–H and O–H groups in total. The number of hydrogen-bond acceptors (Lipinski definition) is 4. The molecule has 96 valence electrons. The zero-order valence-electron chi connectivity index (χ0n) is 10.5. The van der Waals surface area contributed by atoms with Crippen molar-refractivity contribution in [2.75, 3.05) is 0 Å². The minimum absolute atomic E-state index is 0.0583. The van der Waals surface area contributed by atoms with Crippen LogP contribution in [0.4, 0.5) is 0 Å². The van der Waals surface area contributed by atoms with Crippen molar-refractivity contribution in [1.29, 1.82) is 0 Å². The van der Waals surface area contributed by atoms with Crippen LogP contribution in [0, 0.1) is 13.8 Å². The fourth-order valence-corrected chi connectivity index (χ4v) is 2.49. The van der Waals surface area contributed by atoms with Gasteiger partial charge < -0.3 is 14.6 Å². The van der Waals surface area contributed by atoms with Gasteiger partial charge in [0.25, 0.3) is 0 Å². The van der Waals surface area contributed by atoms with Gasteiger partial charge in [-0.1, -0.05) is 0 Å². The number of rotatable bonds is 0. The van der Waals surface area contributed by atoms with Gasteiger partial charge in [-0.3, -0.25) is 0 Å². The Hall–Kier alpha value is -2.49. The SMILES string of the molecule is Cc1c(O)ccc2c1c(=O)oc1cc(O)cc(C)c12. The maximum Gasteiger partial charge on any atom is 0.344 e. The average molecular weight is 256 g/mol. The largest absolute Gasteiger partial charge is 0.508 e. The van der Waals surface area contributed by atoms with Crippen molar-refractivity contribution in [3.05, 3.63) is 45.8 Å². The number of aromatic hydroxyl groups is 2. The fourth-order valence-electron chi connectivity index (χ4n) is 2.49. The van der Waals surface area contributed by atoms with Crippen molar-refractivity contribution >= 4 is 21.7 Å². The van der Waals surface area contributed by atoms with Gasteiger partial charge in [0.2, 0.25) is 0 Å². The van der Waals surface area contributed by atoms with Crippen LogP contribution in [0.2, 0.25) is 0 Å². The van der Waals surface area contributed by atoms with E-state index in [0.717, 1.165) is 16.3 Å². The van der Waals surface area contributed by atoms with Crippen molar-refractivity contribution in [3.63, 3.8) is 0 Å². The van der Waals surface area contributed by atoms with Gasteiger partial charge in [-0.15, -0.1) is 0 Å². The second-order valence-corrected chi connectivity index (χ2v) is 4.66. The van der Waals surface area contributed by atoms with Crippen LogP contribution in [-0.4, -0.2) is 10.2 Å². The molecule has 0 spiro atoms. The average Bonchev–Trinajstić information content (AvgIpc) is 2.32. The van der Waals surface area contributed by atoms with E-state index in [0.29, 0.717) is 16.5 Å². The Bertz CT molecular complexity index is 875. The van der Waals surface area contributed by atoms with Gasteiger partial charge >= 0.3 is 5.63 Å². The smallest absolute Gasteiger partial charge is 0.344 e. The Balaban J connectivity index is 2.68. The van der Waals surface area contributed by atoms with Crippen LogP contribution in [0.25, 0.3) is 21.7 Å². The molecular formula is C15H12O4. The number of hydrogen-bond donors (Lipinski definition) is 2. The molecule has 2 aromatic carbocycles. The second-order valence-electron chi connectivity index (χ2n) is 4.66. The van der Waals surface area contributed by atoms with Gasteiger partial charge in [-0.05, 0) is 37.6 Å². The zero-order chi connectivity index (χ0) is 13.7. The Labute approximate surface area is 108 Å². The summed E-state index contributed by atoms with van der Waals surface area (Å²) in [5, 5.41) is 21.1. The molecule has 0 aliphatic rings. The Kier molecular flexibility index (Phi) is 2.29. The lowest BCUT2D eigenvalue weighted by molar-refractivity contribution is 0.470. The summed E-state index contributed by atoms with van der Waals surface area (Å²) < 4.78 is 5.25. The van der Waals surface area contributed by atoms with Crippen LogP contribution in [0.5, 0.6) is 11.5 Å². The van der Waals surface area contributed by atoms with Gasteiger partial charge in [0, 0.05) is 22.4 Å². The van der Waals surface area contributed by atoms with Crippen LogP contribution in [0.15, 0.2) is 33.5 Å². The first-order valence-electron chi connectivity index (χ1n) is 5.87. The summed E-state index contributed by atoms with van der Waals surface area (Å²) in [7, 11) is 0. The summed E-state index contributed by atoms with van der Waals surface area (Å²) in [6, 6.07) is 6.29. The van der Waals surface area contributed by atoms with E-state index in [1.807, 2.05) is 6.92 Å². The first kappa shape index (κ1) is 11.6. The molecule has 0 amide bonds. The first-order chi connectivity index (χ1) is 8.99. The van der Waals surface area contributed by atoms with E-state index in [2.05, 4.69) is 0 Å². The number of phenolic OH excluding ortho intramolecular Hbond substituents is 2. The Morgan fingerprint density at radius 3 is 2.53 bits per heavy atom. The van der Waals surface area contributed by atoms with Crippen molar-refractivity contribution in [2.24, 2.45) is 0 Å². The van der Waals surface area contributed by atoms with Crippen molar-refractivity contribution in [1.82, 2.24) is 0 Å². The highest BCUT2D eigenvalue weighted by molar-refractivity contribution is 6.07. The Morgan fingerprint density at radius 1 is 1.05 bits per heavy atom. The van der Waals surface area contributed by atoms with E-state index in [-0.39, 0.29) is 11.5 Å². The van der Waals surface area contributed by atoms with E-state index in [1.54, 1.807) is 25.1 Å². The molecule has 0 aliphatic carbocycles. The summed E-state index contributed by atoms with van der Waals surface area (Å²) in [5.74, 6) is 0.124. The fraction of sp³-hybridized carbons (Fsp3) is 0.133. The summed E-state index contributed by atoms with van der Waals surface area (Å²) in [4.78, 5) is 12.0. The standard InChI is InChI=1S/C15H12O4/c1-7-5-9(16)6-12-13(7)10-3-4-11(17)8(2)14(10)15(18)19-12/h3-6,16-17H,1-2H3. The lowest BCUT2D eigenvalue weighted by Gasteiger charge is -2.08. The molecule has 0 radical (unpaired) electrons. The predicted molar refractivity (Wildman–Crippen MR) is 72.8 cm³/mol. The third kappa shape index (κ3) is 1.57. The number of fused-ring (bicyclic) bond motifs is 3. The van der Waals surface area contributed by atoms with E-state index in [9.17, 15) is 15.0 Å². The van der Waals surface area contributed by atoms with Gasteiger partial charge in [-0.25, -0.2) is 4.79 Å². The number of phenols is 2. The molecule has 19 heavy (non-hydrogen) atoms. The van der Waals surface area contributed by atoms with Crippen molar-refractivity contribution in [3.8, 4) is 11.5 Å². The number of benzene rings is 2. The van der Waals surface area contributed by atoms with Gasteiger partial charge in [-0.2, -0.15) is 0 Å². The summed E-state index contributed by atoms with van der Waals surface area (Å²) in [5.41, 5.74) is 1.15. The van der Waals surface area contributed by atoms with E-state index < -0.39 is 5.63 Å². The third-order valence-corrected chi connectivity index (χ3v) is 3.40. The van der Waals surface area contributed by atoms with Gasteiger partial charge in [0.15, 0.2) is 0 Å². The van der Waals surface area contributed by atoms with Crippen LogP contribution < -0.4 is 5.63 Å². The first-order valence-corrected chi connectivity index (χ1v) is 5.87. The molecule has 0 saturated carbocycles. The quantitative estimate of drug-likeness (QED) is 0.479. The molecule has 4 heteroatoms. The minimum Gasteiger partial charge on any atom is -0.508 e. The molecule has 0 atom stereocenters. The lowest BCUT2D eigenvalue weighted by Crippen LogP contribution is -2.02. The maximum atomic E-state index is 12.0. The maximum absolute atomic E-state index is 12.0. The van der Waals surface area contributed by atoms with E-state index in [1.165, 1.54) is 6.07 Å². The lowest BCUT2D eigenvalue weighted by atomic mass is 10.00. The summed E-state index contributed by atoms with van der Waals surface area (Å²) in [6.45, 7) is 3.51. The van der Waals surface area contributed by atoms with E-state index in [4.69, 9.17) is 4.42 Å². The molecule has 1 aromatic heterocycles. The highest BCUT2D eigenvalue weighted by Gasteiger charge is 2.14. The second kappa shape index (κ2) is 3.75. The monoisotopic (exact) mass is 256 g/mol. The molecule has 3 rings (SSSR count). The molecule has 0 unspecified atom stereocenters. The third-order valence-electron chi connectivity index (χ3n) is 3.40. The molecule has 4 nitrogen and oxygen atoms in total. The van der Waals surface area contributed by atoms with Crippen LogP contribution >= 0.6 is 0 Å². The topological polar surface area (TPSA) is 70.7 Å². The molecule has 1 heterocycles. The van der Waals surface area contributed by atoms with Gasteiger partial charge in [0.05, 0.1) is 5.39 Å². The minimum atomic E-state index is -0.513. The summed E-state index contributed by atoms with van der Waals surface area (Å²) in [6.07, 6.45) is 0. The van der Waals surface area contributed by atoms with E-state index >= 15 is 0 Å². The van der Waals surface area contributed by atoms with Crippen LogP contribution in [0.1, 0.15) is 11.1 Å². The van der Waals surface area contributed by atoms with Crippen molar-refractivity contribution < 1.29 is 14.6 Å². The normalized spacial score (nSPS) is 11.3. The molecule has 0 bridgehead atoms. The number of aryl methyl sites for hydroxylation is 2. The van der Waals surface area contributed by atoms with Crippen molar-refractivity contribution in [2.45, 2.75) is 13.8 Å². The Morgan fingerprint density at radius 2 is 1.79 bits per heavy atom. The van der Waals surface area contributed by atoms with Gasteiger partial charge in [0.1, 0.15) is 17.1 Å². The highest BCUT2D eigenvalue weighted by Crippen LogP contribution is 2.32. The molecular weight excluding hydrogens is 244 g/mol. The molecule has 3 aromatic rings. The zero-order valence-corrected chi connectivity index (χ0v) is 10.5. The molecule has 0 aliphatic heterocycles. The molecule has 0 fully saturated rings. The van der Waals surface area contributed by atoms with Crippen LogP contribution in [-0.2, 0) is 0 Å². The summed E-state index contributed by atoms with van der Waals surface area (Å²) >= 11 is 0. The van der Waals surface area contributed by atoms with Crippen LogP contribution in [0.3, 0.4) is 0 Å².